The highest BCUT2D eigenvalue weighted by Gasteiger charge is 2.15. The summed E-state index contributed by atoms with van der Waals surface area (Å²) in [5.74, 6) is 0.164. The van der Waals surface area contributed by atoms with E-state index in [2.05, 4.69) is 31.1 Å². The third-order valence-corrected chi connectivity index (χ3v) is 4.75. The molecule has 1 fully saturated rings. The molecule has 0 spiro atoms. The van der Waals surface area contributed by atoms with Crippen LogP contribution in [0.25, 0.3) is 0 Å². The maximum Gasteiger partial charge on any atom is 0.341 e. The van der Waals surface area contributed by atoms with E-state index in [0.717, 1.165) is 29.8 Å². The van der Waals surface area contributed by atoms with E-state index in [4.69, 9.17) is 4.74 Å². The summed E-state index contributed by atoms with van der Waals surface area (Å²) in [6.07, 6.45) is 5.43. The molecule has 1 saturated heterocycles. The molecular formula is C19H22BrN3O2. The van der Waals surface area contributed by atoms with E-state index in [9.17, 15) is 4.79 Å². The molecule has 1 aliphatic rings. The summed E-state index contributed by atoms with van der Waals surface area (Å²) in [6, 6.07) is 11.2. The largest absolute Gasteiger partial charge is 0.461 e. The SMILES string of the molecule is O=C(OCCN1CCCCC1)c1cccnc1Nc1ccc(Br)cc1. The number of pyridine rings is 1. The van der Waals surface area contributed by atoms with Gasteiger partial charge in [0, 0.05) is 22.9 Å². The Hall–Kier alpha value is -1.92. The lowest BCUT2D eigenvalue weighted by Crippen LogP contribution is -2.33. The zero-order chi connectivity index (χ0) is 17.5. The maximum absolute atomic E-state index is 12.4. The first-order chi connectivity index (χ1) is 12.2. The molecule has 1 aromatic heterocycles. The number of nitrogens with zero attached hydrogens (tertiary/aromatic N) is 2. The lowest BCUT2D eigenvalue weighted by molar-refractivity contribution is 0.0453. The standard InChI is InChI=1S/C19H22BrN3O2/c20-15-6-8-16(9-7-15)22-18-17(5-4-10-21-18)19(24)25-14-13-23-11-2-1-3-12-23/h4-10H,1-3,11-14H2,(H,21,22). The van der Waals surface area contributed by atoms with Crippen molar-refractivity contribution in [3.63, 3.8) is 0 Å². The number of carbonyl (C=O) groups is 1. The first kappa shape index (κ1) is 17.9. The Morgan fingerprint density at radius 1 is 1.16 bits per heavy atom. The first-order valence-electron chi connectivity index (χ1n) is 8.59. The van der Waals surface area contributed by atoms with Crippen LogP contribution in [0.1, 0.15) is 29.6 Å². The normalized spacial score (nSPS) is 14.9. The Morgan fingerprint density at radius 3 is 2.68 bits per heavy atom. The van der Waals surface area contributed by atoms with Gasteiger partial charge < -0.3 is 10.1 Å². The third kappa shape index (κ3) is 5.28. The number of nitrogens with one attached hydrogen (secondary N) is 1. The van der Waals surface area contributed by atoms with Crippen molar-refractivity contribution in [1.82, 2.24) is 9.88 Å². The van der Waals surface area contributed by atoms with Gasteiger partial charge in [-0.05, 0) is 62.3 Å². The Morgan fingerprint density at radius 2 is 1.92 bits per heavy atom. The molecule has 6 heteroatoms. The smallest absolute Gasteiger partial charge is 0.341 e. The number of hydrogen-bond acceptors (Lipinski definition) is 5. The second kappa shape index (κ2) is 8.97. The molecule has 5 nitrogen and oxygen atoms in total. The Kier molecular flexibility index (Phi) is 6.42. The van der Waals surface area contributed by atoms with E-state index >= 15 is 0 Å². The predicted molar refractivity (Wildman–Crippen MR) is 102 cm³/mol. The molecule has 0 bridgehead atoms. The number of hydrogen-bond donors (Lipinski definition) is 1. The van der Waals surface area contributed by atoms with Crippen LogP contribution in [0.15, 0.2) is 47.1 Å². The van der Waals surface area contributed by atoms with Crippen molar-refractivity contribution in [1.29, 1.82) is 0 Å². The predicted octanol–water partition coefficient (Wildman–Crippen LogP) is 4.23. The summed E-state index contributed by atoms with van der Waals surface area (Å²) >= 11 is 3.41. The number of rotatable bonds is 6. The van der Waals surface area contributed by atoms with Gasteiger partial charge in [0.2, 0.25) is 0 Å². The van der Waals surface area contributed by atoms with Crippen molar-refractivity contribution in [3.05, 3.63) is 52.6 Å². The van der Waals surface area contributed by atoms with E-state index in [1.54, 1.807) is 18.3 Å². The summed E-state index contributed by atoms with van der Waals surface area (Å²) in [5, 5.41) is 3.18. The highest BCUT2D eigenvalue weighted by Crippen LogP contribution is 2.21. The highest BCUT2D eigenvalue weighted by atomic mass is 79.9. The summed E-state index contributed by atoms with van der Waals surface area (Å²) in [7, 11) is 0. The molecule has 2 aromatic rings. The van der Waals surface area contributed by atoms with Crippen molar-refractivity contribution in [3.8, 4) is 0 Å². The van der Waals surface area contributed by atoms with Crippen molar-refractivity contribution in [2.24, 2.45) is 0 Å². The second-order valence-electron chi connectivity index (χ2n) is 6.07. The van der Waals surface area contributed by atoms with Crippen LogP contribution >= 0.6 is 15.9 Å². The Bertz CT molecular complexity index is 700. The van der Waals surface area contributed by atoms with Crippen LogP contribution in [0.2, 0.25) is 0 Å². The zero-order valence-electron chi connectivity index (χ0n) is 14.1. The van der Waals surface area contributed by atoms with Gasteiger partial charge in [-0.25, -0.2) is 9.78 Å². The van der Waals surface area contributed by atoms with E-state index < -0.39 is 0 Å². The molecule has 0 radical (unpaired) electrons. The van der Waals surface area contributed by atoms with Crippen molar-refractivity contribution < 1.29 is 9.53 Å². The first-order valence-corrected chi connectivity index (χ1v) is 9.39. The quantitative estimate of drug-likeness (QED) is 0.731. The molecule has 2 heterocycles. The van der Waals surface area contributed by atoms with Gasteiger partial charge in [-0.1, -0.05) is 22.4 Å². The minimum atomic E-state index is -0.343. The molecule has 25 heavy (non-hydrogen) atoms. The molecule has 0 atom stereocenters. The van der Waals surface area contributed by atoms with Crippen LogP contribution in [0, 0.1) is 0 Å². The molecule has 1 aromatic carbocycles. The average Bonchev–Trinajstić information content (AvgIpc) is 2.65. The van der Waals surface area contributed by atoms with Gasteiger partial charge >= 0.3 is 5.97 Å². The summed E-state index contributed by atoms with van der Waals surface area (Å²) in [6.45, 7) is 3.40. The number of benzene rings is 1. The van der Waals surface area contributed by atoms with E-state index in [-0.39, 0.29) is 5.97 Å². The molecule has 132 valence electrons. The van der Waals surface area contributed by atoms with E-state index in [1.807, 2.05) is 24.3 Å². The van der Waals surface area contributed by atoms with Crippen LogP contribution in [-0.4, -0.2) is 42.1 Å². The second-order valence-corrected chi connectivity index (χ2v) is 6.99. The van der Waals surface area contributed by atoms with Crippen LogP contribution in [0.5, 0.6) is 0 Å². The minimum Gasteiger partial charge on any atom is -0.461 e. The molecule has 1 N–H and O–H groups in total. The van der Waals surface area contributed by atoms with Crippen LogP contribution < -0.4 is 5.32 Å². The number of ether oxygens (including phenoxy) is 1. The fourth-order valence-electron chi connectivity index (χ4n) is 2.87. The van der Waals surface area contributed by atoms with Crippen LogP contribution in [-0.2, 0) is 4.74 Å². The highest BCUT2D eigenvalue weighted by molar-refractivity contribution is 9.10. The molecule has 0 aliphatic carbocycles. The molecule has 3 rings (SSSR count). The van der Waals surface area contributed by atoms with Gasteiger partial charge in [0.05, 0.1) is 0 Å². The fraction of sp³-hybridized carbons (Fsp3) is 0.368. The maximum atomic E-state index is 12.4. The third-order valence-electron chi connectivity index (χ3n) is 4.22. The van der Waals surface area contributed by atoms with Gasteiger partial charge in [0.1, 0.15) is 18.0 Å². The molecule has 0 unspecified atom stereocenters. The summed E-state index contributed by atoms with van der Waals surface area (Å²) < 4.78 is 6.46. The van der Waals surface area contributed by atoms with Gasteiger partial charge in [-0.3, -0.25) is 4.90 Å². The molecule has 1 aliphatic heterocycles. The summed E-state index contributed by atoms with van der Waals surface area (Å²) in [5.41, 5.74) is 1.31. The monoisotopic (exact) mass is 403 g/mol. The lowest BCUT2D eigenvalue weighted by atomic mass is 10.1. The number of carbonyl (C=O) groups excluding carboxylic acids is 1. The molecule has 0 saturated carbocycles. The van der Waals surface area contributed by atoms with Crippen molar-refractivity contribution in [2.75, 3.05) is 31.6 Å². The minimum absolute atomic E-state index is 0.343. The van der Waals surface area contributed by atoms with E-state index in [0.29, 0.717) is 18.0 Å². The lowest BCUT2D eigenvalue weighted by Gasteiger charge is -2.25. The van der Waals surface area contributed by atoms with Crippen LogP contribution in [0.3, 0.4) is 0 Å². The van der Waals surface area contributed by atoms with Gasteiger partial charge in [-0.15, -0.1) is 0 Å². The Balaban J connectivity index is 1.59. The molecule has 0 amide bonds. The number of esters is 1. The average molecular weight is 404 g/mol. The summed E-state index contributed by atoms with van der Waals surface area (Å²) in [4.78, 5) is 19.1. The number of anilines is 2. The topological polar surface area (TPSA) is 54.5 Å². The fourth-order valence-corrected chi connectivity index (χ4v) is 3.13. The van der Waals surface area contributed by atoms with Crippen LogP contribution in [0.4, 0.5) is 11.5 Å². The number of piperidine rings is 1. The van der Waals surface area contributed by atoms with Gasteiger partial charge in [0.25, 0.3) is 0 Å². The zero-order valence-corrected chi connectivity index (χ0v) is 15.7. The van der Waals surface area contributed by atoms with Crippen molar-refractivity contribution >= 4 is 33.4 Å². The van der Waals surface area contributed by atoms with E-state index in [1.165, 1.54) is 19.3 Å². The number of halogens is 1. The van der Waals surface area contributed by atoms with Gasteiger partial charge in [-0.2, -0.15) is 0 Å². The van der Waals surface area contributed by atoms with Crippen molar-refractivity contribution in [2.45, 2.75) is 19.3 Å². The number of aromatic nitrogens is 1. The Labute approximate surface area is 156 Å². The van der Waals surface area contributed by atoms with Gasteiger partial charge in [0.15, 0.2) is 0 Å². The number of likely N-dealkylation sites (tertiary alicyclic amines) is 1. The molecular weight excluding hydrogens is 382 g/mol.